The largest absolute Gasteiger partial charge is 0.444 e. The number of carbonyl (C=O) groups is 4. The molecule has 16 nitrogen and oxygen atoms in total. The predicted octanol–water partition coefficient (Wildman–Crippen LogP) is 6.17. The minimum absolute atomic E-state index is 0.189. The number of anilines is 1. The van der Waals surface area contributed by atoms with Crippen LogP contribution in [0.1, 0.15) is 72.8 Å². The van der Waals surface area contributed by atoms with Crippen molar-refractivity contribution in [2.45, 2.75) is 97.4 Å². The number of imidazole rings is 1. The average molecular weight is 807 g/mol. The lowest BCUT2D eigenvalue weighted by Gasteiger charge is -2.32. The number of nitrogens with one attached hydrogen (secondary N) is 3. The lowest BCUT2D eigenvalue weighted by atomic mass is 9.81. The van der Waals surface area contributed by atoms with Gasteiger partial charge in [0.05, 0.1) is 29.1 Å². The fourth-order valence-corrected chi connectivity index (χ4v) is 7.10. The number of benzene rings is 3. The van der Waals surface area contributed by atoms with Gasteiger partial charge < -0.3 is 30.4 Å². The van der Waals surface area contributed by atoms with E-state index in [1.165, 1.54) is 4.90 Å². The first-order valence-corrected chi connectivity index (χ1v) is 20.0. The minimum atomic E-state index is -0.999. The minimum Gasteiger partial charge on any atom is -0.444 e. The van der Waals surface area contributed by atoms with E-state index in [0.717, 1.165) is 27.7 Å². The summed E-state index contributed by atoms with van der Waals surface area (Å²) in [5, 5.41) is 19.7. The molecule has 4 amide bonds. The van der Waals surface area contributed by atoms with E-state index in [4.69, 9.17) is 15.2 Å². The van der Waals surface area contributed by atoms with E-state index in [-0.39, 0.29) is 18.2 Å². The number of hydrogen-bond acceptors (Lipinski definition) is 11. The summed E-state index contributed by atoms with van der Waals surface area (Å²) in [7, 11) is 0. The Balaban J connectivity index is 1.10. The Kier molecular flexibility index (Phi) is 13.1. The Morgan fingerprint density at radius 1 is 0.847 bits per heavy atom. The normalized spacial score (nSPS) is 16.3. The molecule has 1 atom stereocenters. The van der Waals surface area contributed by atoms with Crippen LogP contribution < -0.4 is 21.3 Å². The van der Waals surface area contributed by atoms with Gasteiger partial charge in [-0.05, 0) is 138 Å². The highest BCUT2D eigenvalue weighted by molar-refractivity contribution is 6.17. The van der Waals surface area contributed by atoms with Gasteiger partial charge in [-0.3, -0.25) is 9.59 Å². The number of rotatable bonds is 12. The molecule has 2 heterocycles. The summed E-state index contributed by atoms with van der Waals surface area (Å²) in [6.07, 6.45) is 3.61. The molecular formula is C43H54N10O6. The van der Waals surface area contributed by atoms with Gasteiger partial charge >= 0.3 is 12.2 Å². The number of H-pyrrole nitrogens is 1. The van der Waals surface area contributed by atoms with Crippen molar-refractivity contribution in [2.24, 2.45) is 17.6 Å². The molecule has 0 spiro atoms. The Hall–Kier alpha value is -6.16. The van der Waals surface area contributed by atoms with E-state index in [1.807, 2.05) is 88.6 Å². The van der Waals surface area contributed by atoms with Crippen molar-refractivity contribution in [3.05, 3.63) is 78.6 Å². The van der Waals surface area contributed by atoms with Gasteiger partial charge in [-0.2, -0.15) is 5.21 Å². The number of tetrazole rings is 1. The van der Waals surface area contributed by atoms with E-state index in [0.29, 0.717) is 62.4 Å². The zero-order valence-electron chi connectivity index (χ0n) is 34.5. The highest BCUT2D eigenvalue weighted by Crippen LogP contribution is 2.32. The van der Waals surface area contributed by atoms with Crippen molar-refractivity contribution < 1.29 is 28.7 Å². The number of nitrogens with zero attached hydrogens (tertiary/aromatic N) is 6. The molecule has 16 heteroatoms. The van der Waals surface area contributed by atoms with Crippen LogP contribution in [-0.4, -0.2) is 84.5 Å². The summed E-state index contributed by atoms with van der Waals surface area (Å²) in [6, 6.07) is 19.7. The first-order chi connectivity index (χ1) is 28.0. The molecular weight excluding hydrogens is 753 g/mol. The van der Waals surface area contributed by atoms with Crippen LogP contribution in [0.4, 0.5) is 15.3 Å². The molecule has 0 aliphatic heterocycles. The molecule has 312 valence electrons. The zero-order chi connectivity index (χ0) is 42.3. The van der Waals surface area contributed by atoms with Crippen LogP contribution in [0.15, 0.2) is 73.1 Å². The van der Waals surface area contributed by atoms with E-state index in [2.05, 4.69) is 36.2 Å². The molecule has 0 radical (unpaired) electrons. The summed E-state index contributed by atoms with van der Waals surface area (Å²) in [5.41, 5.74) is 11.1. The molecule has 0 unspecified atom stereocenters. The first-order valence-electron chi connectivity index (χ1n) is 20.0. The second-order valence-corrected chi connectivity index (χ2v) is 17.0. The van der Waals surface area contributed by atoms with Crippen molar-refractivity contribution >= 4 is 40.7 Å². The van der Waals surface area contributed by atoms with Gasteiger partial charge in [-0.25, -0.2) is 19.5 Å². The van der Waals surface area contributed by atoms with Gasteiger partial charge in [0.15, 0.2) is 0 Å². The first kappa shape index (κ1) is 42.4. The number of fused-ring (bicyclic) bond motifs is 1. The molecule has 0 saturated heterocycles. The van der Waals surface area contributed by atoms with Gasteiger partial charge in [0.1, 0.15) is 11.2 Å². The molecule has 1 aliphatic rings. The summed E-state index contributed by atoms with van der Waals surface area (Å²) >= 11 is 0. The third-order valence-electron chi connectivity index (χ3n) is 10.0. The van der Waals surface area contributed by atoms with Gasteiger partial charge in [0, 0.05) is 31.1 Å². The monoisotopic (exact) mass is 806 g/mol. The van der Waals surface area contributed by atoms with Gasteiger partial charge in [-0.15, -0.1) is 10.2 Å². The van der Waals surface area contributed by atoms with Crippen molar-refractivity contribution in [1.29, 1.82) is 0 Å². The number of nitrogens with two attached hydrogens (primary N) is 1. The number of amides is 4. The molecule has 59 heavy (non-hydrogen) atoms. The van der Waals surface area contributed by atoms with Crippen LogP contribution in [-0.2, 0) is 32.0 Å². The number of hydrogen-bond donors (Lipinski definition) is 4. The molecule has 1 aliphatic carbocycles. The number of aromatic nitrogens is 6. The van der Waals surface area contributed by atoms with Gasteiger partial charge in [0.2, 0.25) is 11.7 Å². The summed E-state index contributed by atoms with van der Waals surface area (Å²) < 4.78 is 12.7. The maximum absolute atomic E-state index is 14.3. The Labute approximate surface area is 343 Å². The van der Waals surface area contributed by atoms with Crippen LogP contribution in [0.2, 0.25) is 0 Å². The fraction of sp³-hybridized carbons (Fsp3) is 0.442. The molecule has 5 N–H and O–H groups in total. The Morgan fingerprint density at radius 3 is 2.10 bits per heavy atom. The van der Waals surface area contributed by atoms with E-state index in [1.54, 1.807) is 30.6 Å². The SMILES string of the molecule is CC(C)(C)OC(=O)NCCn1cnc2cc(-c3ccc(C[C@H](N)C(=O)N(c4ccc(-c5nn[nH]n5)cc4)C(=O)[C@H]4CC[C@H](CNC(=O)OC(C)(C)C)CC4)cc3)ccc21. The molecule has 5 aromatic rings. The quantitative estimate of drug-likeness (QED) is 0.112. The number of imide groups is 1. The molecule has 0 bridgehead atoms. The molecule has 1 saturated carbocycles. The topological polar surface area (TPSA) is 212 Å². The highest BCUT2D eigenvalue weighted by Gasteiger charge is 2.35. The van der Waals surface area contributed by atoms with E-state index >= 15 is 0 Å². The highest BCUT2D eigenvalue weighted by atomic mass is 16.6. The van der Waals surface area contributed by atoms with Crippen LogP contribution in [0, 0.1) is 11.8 Å². The van der Waals surface area contributed by atoms with Crippen LogP contribution in [0.25, 0.3) is 33.5 Å². The van der Waals surface area contributed by atoms with Gasteiger partial charge in [-0.1, -0.05) is 30.3 Å². The van der Waals surface area contributed by atoms with Crippen LogP contribution in [0.3, 0.4) is 0 Å². The lowest BCUT2D eigenvalue weighted by molar-refractivity contribution is -0.130. The molecule has 3 aromatic carbocycles. The maximum atomic E-state index is 14.3. The number of aromatic amines is 1. The van der Waals surface area contributed by atoms with E-state index < -0.39 is 41.3 Å². The molecule has 1 fully saturated rings. The molecule has 2 aromatic heterocycles. The van der Waals surface area contributed by atoms with E-state index in [9.17, 15) is 19.2 Å². The van der Waals surface area contributed by atoms with Crippen molar-refractivity contribution in [3.8, 4) is 22.5 Å². The summed E-state index contributed by atoms with van der Waals surface area (Å²) in [4.78, 5) is 58.5. The van der Waals surface area contributed by atoms with Gasteiger partial charge in [0.25, 0.3) is 5.91 Å². The second kappa shape index (κ2) is 18.2. The van der Waals surface area contributed by atoms with Crippen molar-refractivity contribution in [2.75, 3.05) is 18.0 Å². The third kappa shape index (κ3) is 11.5. The number of carbonyl (C=O) groups excluding carboxylic acids is 4. The smallest absolute Gasteiger partial charge is 0.407 e. The number of alkyl carbamates (subject to hydrolysis) is 2. The molecule has 6 rings (SSSR count). The maximum Gasteiger partial charge on any atom is 0.407 e. The second-order valence-electron chi connectivity index (χ2n) is 17.0. The van der Waals surface area contributed by atoms with Crippen LogP contribution >= 0.6 is 0 Å². The van der Waals surface area contributed by atoms with Crippen molar-refractivity contribution in [1.82, 2.24) is 40.8 Å². The summed E-state index contributed by atoms with van der Waals surface area (Å²) in [5.74, 6) is -0.614. The fourth-order valence-electron chi connectivity index (χ4n) is 7.10. The Bertz CT molecular complexity index is 2220. The summed E-state index contributed by atoms with van der Waals surface area (Å²) in [6.45, 7) is 12.3. The zero-order valence-corrected chi connectivity index (χ0v) is 34.5. The van der Waals surface area contributed by atoms with Crippen molar-refractivity contribution in [3.63, 3.8) is 0 Å². The standard InChI is InChI=1S/C43H54N10O6/c1-42(2,3)58-40(56)45-21-22-52-26-47-35-24-32(17-20-36(35)52)29-11-7-27(8-12-29)23-34(44)39(55)53(33-18-15-30(16-19-33)37-48-50-51-49-37)38(54)31-13-9-28(10-14-31)25-46-41(57)59-43(4,5)6/h7-8,11-12,15-20,24,26,28,31,34H,9-10,13-14,21-23,25,44H2,1-6H3,(H,45,56)(H,46,57)(H,48,49,50,51)/t28-,31-,34-/m0/s1. The lowest BCUT2D eigenvalue weighted by Crippen LogP contribution is -2.50. The third-order valence-corrected chi connectivity index (χ3v) is 10.0. The predicted molar refractivity (Wildman–Crippen MR) is 223 cm³/mol. The number of ether oxygens (including phenoxy) is 2. The Morgan fingerprint density at radius 2 is 1.47 bits per heavy atom. The van der Waals surface area contributed by atoms with Crippen LogP contribution in [0.5, 0.6) is 0 Å². The average Bonchev–Trinajstić information content (AvgIpc) is 3.87.